The molecule has 2 nitrogen and oxygen atoms in total. The van der Waals surface area contributed by atoms with Gasteiger partial charge < -0.3 is 4.74 Å². The van der Waals surface area contributed by atoms with E-state index in [9.17, 15) is 4.79 Å². The summed E-state index contributed by atoms with van der Waals surface area (Å²) in [5.41, 5.74) is 0. The van der Waals surface area contributed by atoms with Crippen molar-refractivity contribution < 1.29 is 9.53 Å². The summed E-state index contributed by atoms with van der Waals surface area (Å²) in [6, 6.07) is 0. The summed E-state index contributed by atoms with van der Waals surface area (Å²) in [5.74, 6) is 0.320. The molecule has 0 heterocycles. The number of carbonyl (C=O) groups is 1. The lowest BCUT2D eigenvalue weighted by Crippen LogP contribution is -1.99. The molecule has 3 heteroatoms. The van der Waals surface area contributed by atoms with Crippen molar-refractivity contribution in [3.63, 3.8) is 0 Å². The van der Waals surface area contributed by atoms with Crippen LogP contribution in [0, 0.1) is 5.92 Å². The maximum atomic E-state index is 10.7. The lowest BCUT2D eigenvalue weighted by atomic mass is 10.4. The van der Waals surface area contributed by atoms with E-state index in [1.54, 1.807) is 0 Å². The summed E-state index contributed by atoms with van der Waals surface area (Å²) in [7, 11) is 1.38. The van der Waals surface area contributed by atoms with E-state index in [1.807, 2.05) is 6.08 Å². The van der Waals surface area contributed by atoms with Gasteiger partial charge in [0.05, 0.1) is 11.6 Å². The topological polar surface area (TPSA) is 26.3 Å². The van der Waals surface area contributed by atoms with Gasteiger partial charge in [-0.15, -0.1) is 0 Å². The highest BCUT2D eigenvalue weighted by atomic mass is 79.9. The third-order valence-electron chi connectivity index (χ3n) is 1.38. The van der Waals surface area contributed by atoms with Crippen molar-refractivity contribution >= 4 is 21.9 Å². The van der Waals surface area contributed by atoms with E-state index in [2.05, 4.69) is 20.7 Å². The molecule has 0 aromatic carbocycles. The predicted octanol–water partition coefficient (Wildman–Crippen LogP) is 1.85. The van der Waals surface area contributed by atoms with Crippen LogP contribution in [0.3, 0.4) is 0 Å². The standard InChI is InChI=1S/C7H9BrO2/c1-10-7(9)6(8)4-5-2-3-5/h4-5H,2-3H2,1H3/b6-4-. The van der Waals surface area contributed by atoms with Crippen LogP contribution in [0.4, 0.5) is 0 Å². The van der Waals surface area contributed by atoms with Crippen LogP contribution in [0.15, 0.2) is 10.6 Å². The van der Waals surface area contributed by atoms with E-state index in [4.69, 9.17) is 0 Å². The van der Waals surface area contributed by atoms with Crippen LogP contribution >= 0.6 is 15.9 Å². The molecule has 0 aliphatic heterocycles. The molecule has 0 atom stereocenters. The smallest absolute Gasteiger partial charge is 0.344 e. The average Bonchev–Trinajstić information content (AvgIpc) is 2.70. The zero-order valence-corrected chi connectivity index (χ0v) is 7.35. The molecule has 0 radical (unpaired) electrons. The molecule has 1 saturated carbocycles. The minimum Gasteiger partial charge on any atom is -0.465 e. The third kappa shape index (κ3) is 2.14. The van der Waals surface area contributed by atoms with Crippen molar-refractivity contribution in [1.82, 2.24) is 0 Å². The maximum absolute atomic E-state index is 10.7. The minimum atomic E-state index is -0.285. The number of carbonyl (C=O) groups excluding carboxylic acids is 1. The van der Waals surface area contributed by atoms with Gasteiger partial charge in [-0.25, -0.2) is 4.79 Å². The second-order valence-electron chi connectivity index (χ2n) is 2.34. The average molecular weight is 205 g/mol. The van der Waals surface area contributed by atoms with Crippen LogP contribution in [0.25, 0.3) is 0 Å². The van der Waals surface area contributed by atoms with Crippen LogP contribution in [0.5, 0.6) is 0 Å². The number of esters is 1. The molecule has 1 aliphatic rings. The van der Waals surface area contributed by atoms with E-state index in [1.165, 1.54) is 20.0 Å². The molecule has 0 saturated heterocycles. The zero-order chi connectivity index (χ0) is 7.56. The van der Waals surface area contributed by atoms with Crippen molar-refractivity contribution in [3.8, 4) is 0 Å². The summed E-state index contributed by atoms with van der Waals surface area (Å²) >= 11 is 3.13. The van der Waals surface area contributed by atoms with Gasteiger partial charge in [0.15, 0.2) is 0 Å². The predicted molar refractivity (Wildman–Crippen MR) is 41.8 cm³/mol. The summed E-state index contributed by atoms with van der Waals surface area (Å²) in [6.45, 7) is 0. The number of allylic oxidation sites excluding steroid dienone is 1. The van der Waals surface area contributed by atoms with Crippen molar-refractivity contribution in [3.05, 3.63) is 10.6 Å². The third-order valence-corrected chi connectivity index (χ3v) is 1.97. The lowest BCUT2D eigenvalue weighted by molar-refractivity contribution is -0.135. The first-order valence-corrected chi connectivity index (χ1v) is 3.99. The number of rotatable bonds is 2. The highest BCUT2D eigenvalue weighted by Crippen LogP contribution is 2.32. The summed E-state index contributed by atoms with van der Waals surface area (Å²) in [6.07, 6.45) is 4.31. The molecule has 0 amide bonds. The molecule has 1 rings (SSSR count). The molecular weight excluding hydrogens is 196 g/mol. The number of hydrogen-bond donors (Lipinski definition) is 0. The van der Waals surface area contributed by atoms with Crippen molar-refractivity contribution in [2.24, 2.45) is 5.92 Å². The van der Waals surface area contributed by atoms with Gasteiger partial charge in [-0.2, -0.15) is 0 Å². The molecule has 0 unspecified atom stereocenters. The van der Waals surface area contributed by atoms with Crippen LogP contribution in [-0.4, -0.2) is 13.1 Å². The van der Waals surface area contributed by atoms with E-state index in [-0.39, 0.29) is 5.97 Å². The fraction of sp³-hybridized carbons (Fsp3) is 0.571. The second-order valence-corrected chi connectivity index (χ2v) is 3.20. The van der Waals surface area contributed by atoms with Crippen LogP contribution in [0.2, 0.25) is 0 Å². The molecule has 0 aromatic rings. The normalized spacial score (nSPS) is 18.8. The first-order chi connectivity index (χ1) is 4.74. The van der Waals surface area contributed by atoms with Crippen molar-refractivity contribution in [2.45, 2.75) is 12.8 Å². The van der Waals surface area contributed by atoms with E-state index in [0.29, 0.717) is 10.4 Å². The molecule has 0 aromatic heterocycles. The van der Waals surface area contributed by atoms with E-state index >= 15 is 0 Å². The Morgan fingerprint density at radius 3 is 2.70 bits per heavy atom. The Hall–Kier alpha value is -0.310. The highest BCUT2D eigenvalue weighted by Gasteiger charge is 2.20. The molecule has 56 valence electrons. The Kier molecular flexibility index (Phi) is 2.49. The van der Waals surface area contributed by atoms with Crippen LogP contribution in [-0.2, 0) is 9.53 Å². The van der Waals surface area contributed by atoms with Crippen LogP contribution in [0.1, 0.15) is 12.8 Å². The number of halogens is 1. The second kappa shape index (κ2) is 3.19. The van der Waals surface area contributed by atoms with Gasteiger partial charge in [0, 0.05) is 0 Å². The van der Waals surface area contributed by atoms with Gasteiger partial charge in [0.2, 0.25) is 0 Å². The zero-order valence-electron chi connectivity index (χ0n) is 5.76. The highest BCUT2D eigenvalue weighted by molar-refractivity contribution is 9.12. The van der Waals surface area contributed by atoms with Gasteiger partial charge in [0.25, 0.3) is 0 Å². The minimum absolute atomic E-state index is 0.285. The van der Waals surface area contributed by atoms with Crippen molar-refractivity contribution in [1.29, 1.82) is 0 Å². The Balaban J connectivity index is 2.44. The van der Waals surface area contributed by atoms with E-state index in [0.717, 1.165) is 0 Å². The fourth-order valence-electron chi connectivity index (χ4n) is 0.635. The Morgan fingerprint density at radius 1 is 1.70 bits per heavy atom. The molecular formula is C7H9BrO2. The maximum Gasteiger partial charge on any atom is 0.344 e. The van der Waals surface area contributed by atoms with Gasteiger partial charge in [0.1, 0.15) is 0 Å². The largest absolute Gasteiger partial charge is 0.465 e. The number of hydrogen-bond acceptors (Lipinski definition) is 2. The quantitative estimate of drug-likeness (QED) is 0.507. The van der Waals surface area contributed by atoms with Gasteiger partial charge >= 0.3 is 5.97 Å². The van der Waals surface area contributed by atoms with E-state index < -0.39 is 0 Å². The molecule has 0 bridgehead atoms. The Bertz CT molecular complexity index is 170. The van der Waals surface area contributed by atoms with Crippen molar-refractivity contribution in [2.75, 3.05) is 7.11 Å². The fourth-order valence-corrected chi connectivity index (χ4v) is 1.17. The Labute approximate surface area is 68.4 Å². The lowest BCUT2D eigenvalue weighted by Gasteiger charge is -1.94. The molecule has 0 spiro atoms. The first kappa shape index (κ1) is 7.79. The molecule has 1 aliphatic carbocycles. The first-order valence-electron chi connectivity index (χ1n) is 3.19. The monoisotopic (exact) mass is 204 g/mol. The molecule has 1 fully saturated rings. The summed E-state index contributed by atoms with van der Waals surface area (Å²) in [4.78, 5) is 10.7. The van der Waals surface area contributed by atoms with Gasteiger partial charge in [-0.3, -0.25) is 0 Å². The molecule has 0 N–H and O–H groups in total. The Morgan fingerprint density at radius 2 is 2.30 bits per heavy atom. The molecule has 10 heavy (non-hydrogen) atoms. The van der Waals surface area contributed by atoms with Gasteiger partial charge in [-0.05, 0) is 34.7 Å². The number of methoxy groups -OCH3 is 1. The van der Waals surface area contributed by atoms with Crippen LogP contribution < -0.4 is 0 Å². The number of ether oxygens (including phenoxy) is 1. The SMILES string of the molecule is COC(=O)/C(Br)=C/C1CC1. The summed E-state index contributed by atoms with van der Waals surface area (Å²) < 4.78 is 5.04. The van der Waals surface area contributed by atoms with Gasteiger partial charge in [-0.1, -0.05) is 6.08 Å². The summed E-state index contributed by atoms with van der Waals surface area (Å²) in [5, 5.41) is 0.